The Hall–Kier alpha value is -3.65. The van der Waals surface area contributed by atoms with E-state index in [1.807, 2.05) is 5.51 Å². The number of hydrogen-bond donors (Lipinski definition) is 0. The van der Waals surface area contributed by atoms with Crippen LogP contribution in [0.5, 0.6) is 0 Å². The molecule has 3 aromatic carbocycles. The summed E-state index contributed by atoms with van der Waals surface area (Å²) in [6, 6.07) is 18.6. The number of rotatable bonds is 8. The fourth-order valence-corrected chi connectivity index (χ4v) is 8.22. The van der Waals surface area contributed by atoms with Gasteiger partial charge in [0.2, 0.25) is 0 Å². The number of urea groups is 1. The molecule has 0 aliphatic carbocycles. The minimum Gasteiger partial charge on any atom is -0.305 e. The first-order valence-electron chi connectivity index (χ1n) is 14.5. The Morgan fingerprint density at radius 2 is 1.38 bits per heavy atom. The molecule has 45 heavy (non-hydrogen) atoms. The molecule has 2 saturated heterocycles. The minimum atomic E-state index is -3.39. The molecule has 0 radical (unpaired) electrons. The number of imide groups is 1. The summed E-state index contributed by atoms with van der Waals surface area (Å²) in [6.45, 7) is 3.49. The normalized spacial score (nSPS) is 18.3. The van der Waals surface area contributed by atoms with Gasteiger partial charge >= 0.3 is 6.03 Å². The number of thiazole rings is 1. The lowest BCUT2D eigenvalue weighted by Gasteiger charge is -2.44. The molecule has 236 valence electrons. The van der Waals surface area contributed by atoms with Crippen molar-refractivity contribution in [3.8, 4) is 0 Å². The van der Waals surface area contributed by atoms with Crippen molar-refractivity contribution in [2.45, 2.75) is 54.2 Å². The van der Waals surface area contributed by atoms with Gasteiger partial charge < -0.3 is 4.90 Å². The first-order valence-corrected chi connectivity index (χ1v) is 19.2. The molecule has 0 unspecified atom stereocenters. The average Bonchev–Trinajstić information content (AvgIpc) is 3.55. The van der Waals surface area contributed by atoms with Crippen LogP contribution in [0.1, 0.15) is 42.5 Å². The van der Waals surface area contributed by atoms with Gasteiger partial charge in [-0.1, -0.05) is 30.3 Å². The molecular weight excluding hydrogens is 633 g/mol. The van der Waals surface area contributed by atoms with Crippen molar-refractivity contribution < 1.29 is 26.4 Å². The Morgan fingerprint density at radius 1 is 0.822 bits per heavy atom. The second-order valence-electron chi connectivity index (χ2n) is 11.9. The second kappa shape index (κ2) is 11.6. The summed E-state index contributed by atoms with van der Waals surface area (Å²) in [7, 11) is -6.77. The SMILES string of the molecule is C[C@@H](c1ccc2scnc2c1)N1CCC2(CC1)C(=O)N(Cc1ccc(S(C)(=O)=O)cc1)C(=O)N2Cc1ccc(S(C)(=O)=O)cc1. The minimum absolute atomic E-state index is 0.0146. The van der Waals surface area contributed by atoms with Crippen LogP contribution in [-0.4, -0.2) is 79.6 Å². The topological polar surface area (TPSA) is 125 Å². The van der Waals surface area contributed by atoms with Crippen molar-refractivity contribution in [3.05, 3.63) is 88.9 Å². The van der Waals surface area contributed by atoms with Crippen LogP contribution in [0.2, 0.25) is 0 Å². The standard InChI is InChI=1S/C32H34N4O6S3/c1-22(25-8-13-29-28(18-25)33-21-43-29)34-16-14-32(15-17-34)30(37)35(19-23-4-9-26(10-5-23)44(2,39)40)31(38)36(32)20-24-6-11-27(12-7-24)45(3,41)42/h4-13,18,21-22H,14-17,19-20H2,1-3H3/t22-/m0/s1. The average molecular weight is 667 g/mol. The summed E-state index contributed by atoms with van der Waals surface area (Å²) >= 11 is 1.60. The van der Waals surface area contributed by atoms with Gasteiger partial charge in [-0.25, -0.2) is 26.6 Å². The molecule has 10 nitrogen and oxygen atoms in total. The van der Waals surface area contributed by atoms with Gasteiger partial charge in [0.05, 0.1) is 32.1 Å². The first-order chi connectivity index (χ1) is 21.3. The summed E-state index contributed by atoms with van der Waals surface area (Å²) in [4.78, 5) is 38.3. The number of aromatic nitrogens is 1. The maximum atomic E-state index is 14.2. The van der Waals surface area contributed by atoms with Crippen molar-refractivity contribution in [2.75, 3.05) is 25.6 Å². The molecule has 6 rings (SSSR count). The molecule has 13 heteroatoms. The number of likely N-dealkylation sites (tertiary alicyclic amines) is 1. The van der Waals surface area contributed by atoms with Gasteiger partial charge in [0.25, 0.3) is 5.91 Å². The van der Waals surface area contributed by atoms with E-state index in [-0.39, 0.29) is 34.8 Å². The molecule has 4 aromatic rings. The molecule has 0 N–H and O–H groups in total. The van der Waals surface area contributed by atoms with E-state index in [0.29, 0.717) is 31.5 Å². The third-order valence-corrected chi connectivity index (χ3v) is 12.1. The van der Waals surface area contributed by atoms with E-state index in [9.17, 15) is 26.4 Å². The number of carbonyl (C=O) groups is 2. The number of sulfone groups is 2. The zero-order valence-electron chi connectivity index (χ0n) is 25.2. The molecule has 3 heterocycles. The lowest BCUT2D eigenvalue weighted by Crippen LogP contribution is -2.56. The predicted octanol–water partition coefficient (Wildman–Crippen LogP) is 4.66. The second-order valence-corrected chi connectivity index (χ2v) is 16.8. The highest BCUT2D eigenvalue weighted by atomic mass is 32.2. The van der Waals surface area contributed by atoms with E-state index >= 15 is 0 Å². The molecule has 1 atom stereocenters. The first kappa shape index (κ1) is 31.3. The van der Waals surface area contributed by atoms with Crippen LogP contribution < -0.4 is 0 Å². The number of carbonyl (C=O) groups excluding carboxylic acids is 2. The van der Waals surface area contributed by atoms with E-state index in [1.165, 1.54) is 29.2 Å². The number of piperidine rings is 1. The number of benzene rings is 3. The molecule has 1 aromatic heterocycles. The summed E-state index contributed by atoms with van der Waals surface area (Å²) in [6.07, 6.45) is 3.14. The lowest BCUT2D eigenvalue weighted by atomic mass is 9.84. The van der Waals surface area contributed by atoms with Gasteiger partial charge in [-0.05, 0) is 72.9 Å². The van der Waals surface area contributed by atoms with E-state index in [2.05, 4.69) is 35.0 Å². The quantitative estimate of drug-likeness (QED) is 0.249. The summed E-state index contributed by atoms with van der Waals surface area (Å²) in [5.41, 5.74) is 4.23. The Balaban J connectivity index is 1.27. The molecular formula is C32H34N4O6S3. The van der Waals surface area contributed by atoms with Crippen molar-refractivity contribution >= 4 is 53.2 Å². The molecule has 2 fully saturated rings. The molecule has 0 saturated carbocycles. The number of nitrogens with zero attached hydrogens (tertiary/aromatic N) is 4. The summed E-state index contributed by atoms with van der Waals surface area (Å²) in [5, 5.41) is 0. The number of hydrogen-bond acceptors (Lipinski definition) is 9. The van der Waals surface area contributed by atoms with Crippen LogP contribution in [0.3, 0.4) is 0 Å². The van der Waals surface area contributed by atoms with Crippen LogP contribution in [0, 0.1) is 0 Å². The Bertz CT molecular complexity index is 1980. The predicted molar refractivity (Wildman–Crippen MR) is 172 cm³/mol. The van der Waals surface area contributed by atoms with Crippen LogP contribution in [0.15, 0.2) is 82.0 Å². The van der Waals surface area contributed by atoms with Crippen molar-refractivity contribution in [3.63, 3.8) is 0 Å². The maximum absolute atomic E-state index is 14.2. The van der Waals surface area contributed by atoms with Gasteiger partial charge in [0.1, 0.15) is 5.54 Å². The molecule has 2 aliphatic heterocycles. The molecule has 0 bridgehead atoms. The lowest BCUT2D eigenvalue weighted by molar-refractivity contribution is -0.136. The van der Waals surface area contributed by atoms with Crippen LogP contribution in [-0.2, 0) is 37.6 Å². The highest BCUT2D eigenvalue weighted by molar-refractivity contribution is 7.91. The van der Waals surface area contributed by atoms with E-state index in [4.69, 9.17) is 0 Å². The van der Waals surface area contributed by atoms with Crippen molar-refractivity contribution in [1.29, 1.82) is 0 Å². The summed E-state index contributed by atoms with van der Waals surface area (Å²) in [5.74, 6) is -0.274. The van der Waals surface area contributed by atoms with Crippen molar-refractivity contribution in [2.24, 2.45) is 0 Å². The molecule has 2 aliphatic rings. The Kier molecular flexibility index (Phi) is 8.09. The fourth-order valence-electron chi connectivity index (χ4n) is 6.30. The molecule has 3 amide bonds. The van der Waals surface area contributed by atoms with Gasteiger partial charge in [0.15, 0.2) is 19.7 Å². The van der Waals surface area contributed by atoms with Gasteiger partial charge in [-0.3, -0.25) is 14.6 Å². The zero-order chi connectivity index (χ0) is 32.1. The van der Waals surface area contributed by atoms with Crippen LogP contribution in [0.25, 0.3) is 10.2 Å². The highest BCUT2D eigenvalue weighted by Crippen LogP contribution is 2.41. The third-order valence-electron chi connectivity index (χ3n) is 9.02. The van der Waals surface area contributed by atoms with Gasteiger partial charge in [-0.2, -0.15) is 0 Å². The largest absolute Gasteiger partial charge is 0.328 e. The third kappa shape index (κ3) is 6.01. The van der Waals surface area contributed by atoms with Crippen LogP contribution in [0.4, 0.5) is 4.79 Å². The van der Waals surface area contributed by atoms with Crippen LogP contribution >= 0.6 is 11.3 Å². The van der Waals surface area contributed by atoms with E-state index in [0.717, 1.165) is 33.9 Å². The monoisotopic (exact) mass is 666 g/mol. The van der Waals surface area contributed by atoms with E-state index in [1.54, 1.807) is 40.5 Å². The van der Waals surface area contributed by atoms with Crippen molar-refractivity contribution in [1.82, 2.24) is 19.7 Å². The Morgan fingerprint density at radius 3 is 1.93 bits per heavy atom. The fraction of sp³-hybridized carbons (Fsp3) is 0.344. The van der Waals surface area contributed by atoms with Gasteiger partial charge in [0, 0.05) is 38.2 Å². The number of amides is 3. The number of fused-ring (bicyclic) bond motifs is 1. The zero-order valence-corrected chi connectivity index (χ0v) is 27.7. The molecule has 1 spiro atoms. The van der Waals surface area contributed by atoms with E-state index < -0.39 is 31.2 Å². The Labute approximate surface area is 267 Å². The smallest absolute Gasteiger partial charge is 0.305 e. The van der Waals surface area contributed by atoms with Gasteiger partial charge in [-0.15, -0.1) is 11.3 Å². The highest BCUT2D eigenvalue weighted by Gasteiger charge is 2.58. The summed E-state index contributed by atoms with van der Waals surface area (Å²) < 4.78 is 49.0. The maximum Gasteiger partial charge on any atom is 0.328 e.